The summed E-state index contributed by atoms with van der Waals surface area (Å²) in [6, 6.07) is 14.5. The van der Waals surface area contributed by atoms with Crippen molar-refractivity contribution in [3.63, 3.8) is 0 Å². The summed E-state index contributed by atoms with van der Waals surface area (Å²) in [7, 11) is 0. The molecule has 0 N–H and O–H groups in total. The highest BCUT2D eigenvalue weighted by molar-refractivity contribution is 5.83. The molecule has 0 fully saturated rings. The van der Waals surface area contributed by atoms with E-state index in [9.17, 15) is 0 Å². The van der Waals surface area contributed by atoms with Crippen LogP contribution < -0.4 is 0 Å². The van der Waals surface area contributed by atoms with E-state index in [2.05, 4.69) is 42.7 Å². The maximum Gasteiger partial charge on any atom is 0.0255 e. The highest BCUT2D eigenvalue weighted by atomic mass is 14.0. The molecule has 0 aliphatic heterocycles. The number of benzene rings is 2. The van der Waals surface area contributed by atoms with Crippen LogP contribution in [0.3, 0.4) is 0 Å². The SMILES string of the molecule is C=C(C)C#Cc1ccc2ccccc2c1. The molecule has 2 rings (SSSR count). The fraction of sp³-hybridized carbons (Fsp3) is 0.0667. The predicted octanol–water partition coefficient (Wildman–Crippen LogP) is 3.77. The van der Waals surface area contributed by atoms with Crippen molar-refractivity contribution >= 4 is 10.8 Å². The van der Waals surface area contributed by atoms with Crippen LogP contribution in [0.2, 0.25) is 0 Å². The van der Waals surface area contributed by atoms with Crippen molar-refractivity contribution in [2.75, 3.05) is 0 Å². The Kier molecular flexibility index (Phi) is 2.56. The normalized spacial score (nSPS) is 9.40. The van der Waals surface area contributed by atoms with Gasteiger partial charge in [0.15, 0.2) is 0 Å². The van der Waals surface area contributed by atoms with Crippen molar-refractivity contribution in [3.05, 3.63) is 60.2 Å². The second-order valence-electron chi connectivity index (χ2n) is 3.59. The number of fused-ring (bicyclic) bond motifs is 1. The number of rotatable bonds is 0. The zero-order valence-corrected chi connectivity index (χ0v) is 8.75. The van der Waals surface area contributed by atoms with Gasteiger partial charge in [-0.3, -0.25) is 0 Å². The molecule has 15 heavy (non-hydrogen) atoms. The zero-order chi connectivity index (χ0) is 10.7. The molecule has 0 heterocycles. The van der Waals surface area contributed by atoms with E-state index >= 15 is 0 Å². The summed E-state index contributed by atoms with van der Waals surface area (Å²) in [5.74, 6) is 6.07. The molecule has 0 radical (unpaired) electrons. The van der Waals surface area contributed by atoms with Gasteiger partial charge in [0.2, 0.25) is 0 Å². The van der Waals surface area contributed by atoms with Gasteiger partial charge in [0.05, 0.1) is 0 Å². The molecule has 0 saturated carbocycles. The second-order valence-corrected chi connectivity index (χ2v) is 3.59. The third-order valence-electron chi connectivity index (χ3n) is 2.17. The Balaban J connectivity index is 2.49. The minimum absolute atomic E-state index is 0.892. The quantitative estimate of drug-likeness (QED) is 0.557. The van der Waals surface area contributed by atoms with E-state index in [0.717, 1.165) is 11.1 Å². The lowest BCUT2D eigenvalue weighted by Gasteiger charge is -1.97. The Morgan fingerprint density at radius 1 is 1.07 bits per heavy atom. The lowest BCUT2D eigenvalue weighted by molar-refractivity contribution is 1.61. The van der Waals surface area contributed by atoms with Gasteiger partial charge in [0, 0.05) is 5.56 Å². The highest BCUT2D eigenvalue weighted by Gasteiger charge is 1.92. The molecule has 0 aliphatic carbocycles. The minimum Gasteiger partial charge on any atom is -0.0877 e. The Hall–Kier alpha value is -2.00. The summed E-state index contributed by atoms with van der Waals surface area (Å²) >= 11 is 0. The molecule has 0 heteroatoms. The Labute approximate surface area is 90.2 Å². The largest absolute Gasteiger partial charge is 0.0877 e. The van der Waals surface area contributed by atoms with Gasteiger partial charge in [-0.25, -0.2) is 0 Å². The lowest BCUT2D eigenvalue weighted by Crippen LogP contribution is -1.76. The van der Waals surface area contributed by atoms with Crippen molar-refractivity contribution in [1.29, 1.82) is 0 Å². The molecule has 0 atom stereocenters. The van der Waals surface area contributed by atoms with Crippen LogP contribution >= 0.6 is 0 Å². The van der Waals surface area contributed by atoms with Gasteiger partial charge < -0.3 is 0 Å². The standard InChI is InChI=1S/C15H12/c1-12(2)7-8-13-9-10-14-5-3-4-6-15(14)11-13/h3-6,9-11H,1H2,2H3. The van der Waals surface area contributed by atoms with Crippen molar-refractivity contribution in [2.24, 2.45) is 0 Å². The molecular weight excluding hydrogens is 180 g/mol. The summed E-state index contributed by atoms with van der Waals surface area (Å²) < 4.78 is 0. The fourth-order valence-corrected chi connectivity index (χ4v) is 1.45. The van der Waals surface area contributed by atoms with Crippen LogP contribution in [0.1, 0.15) is 12.5 Å². The van der Waals surface area contributed by atoms with Gasteiger partial charge in [-0.05, 0) is 35.4 Å². The van der Waals surface area contributed by atoms with Gasteiger partial charge in [0.25, 0.3) is 0 Å². The average molecular weight is 192 g/mol. The lowest BCUT2D eigenvalue weighted by atomic mass is 10.1. The highest BCUT2D eigenvalue weighted by Crippen LogP contribution is 2.14. The topological polar surface area (TPSA) is 0 Å². The van der Waals surface area contributed by atoms with Gasteiger partial charge >= 0.3 is 0 Å². The van der Waals surface area contributed by atoms with E-state index < -0.39 is 0 Å². The third-order valence-corrected chi connectivity index (χ3v) is 2.17. The first-order valence-corrected chi connectivity index (χ1v) is 4.92. The van der Waals surface area contributed by atoms with Crippen molar-refractivity contribution < 1.29 is 0 Å². The molecule has 0 nitrogen and oxygen atoms in total. The minimum atomic E-state index is 0.892. The number of allylic oxidation sites excluding steroid dienone is 1. The molecule has 0 aromatic heterocycles. The van der Waals surface area contributed by atoms with Gasteiger partial charge in [-0.15, -0.1) is 0 Å². The smallest absolute Gasteiger partial charge is 0.0255 e. The van der Waals surface area contributed by atoms with E-state index in [-0.39, 0.29) is 0 Å². The molecule has 2 aromatic carbocycles. The van der Waals surface area contributed by atoms with Crippen LogP contribution in [0.4, 0.5) is 0 Å². The van der Waals surface area contributed by atoms with Crippen molar-refractivity contribution in [1.82, 2.24) is 0 Å². The molecule has 0 amide bonds. The average Bonchev–Trinajstić information content (AvgIpc) is 2.26. The molecule has 0 unspecified atom stereocenters. The summed E-state index contributed by atoms with van der Waals surface area (Å²) in [5, 5.41) is 2.48. The molecule has 72 valence electrons. The van der Waals surface area contributed by atoms with Crippen LogP contribution in [0.15, 0.2) is 54.6 Å². The van der Waals surface area contributed by atoms with Crippen LogP contribution in [0.5, 0.6) is 0 Å². The van der Waals surface area contributed by atoms with Crippen molar-refractivity contribution in [3.8, 4) is 11.8 Å². The van der Waals surface area contributed by atoms with Gasteiger partial charge in [-0.1, -0.05) is 48.8 Å². The third kappa shape index (κ3) is 2.27. The van der Waals surface area contributed by atoms with E-state index in [1.54, 1.807) is 0 Å². The number of hydrogen-bond donors (Lipinski definition) is 0. The first-order valence-electron chi connectivity index (χ1n) is 4.92. The van der Waals surface area contributed by atoms with E-state index in [4.69, 9.17) is 0 Å². The number of hydrogen-bond acceptors (Lipinski definition) is 0. The molecule has 2 aromatic rings. The molecule has 0 spiro atoms. The summed E-state index contributed by atoms with van der Waals surface area (Å²) in [5.41, 5.74) is 1.93. The monoisotopic (exact) mass is 192 g/mol. The van der Waals surface area contributed by atoms with E-state index in [0.29, 0.717) is 0 Å². The summed E-state index contributed by atoms with van der Waals surface area (Å²) in [6.45, 7) is 5.67. The first kappa shape index (κ1) is 9.55. The van der Waals surface area contributed by atoms with Crippen LogP contribution in [-0.2, 0) is 0 Å². The Morgan fingerprint density at radius 2 is 1.80 bits per heavy atom. The summed E-state index contributed by atoms with van der Waals surface area (Å²) in [6.07, 6.45) is 0. The second kappa shape index (κ2) is 4.02. The Bertz CT molecular complexity index is 565. The van der Waals surface area contributed by atoms with Gasteiger partial charge in [0.1, 0.15) is 0 Å². The zero-order valence-electron chi connectivity index (χ0n) is 8.75. The Morgan fingerprint density at radius 3 is 2.53 bits per heavy atom. The molecule has 0 aliphatic rings. The summed E-state index contributed by atoms with van der Waals surface area (Å²) in [4.78, 5) is 0. The first-order chi connectivity index (χ1) is 7.25. The van der Waals surface area contributed by atoms with Crippen LogP contribution in [0.25, 0.3) is 10.8 Å². The van der Waals surface area contributed by atoms with Gasteiger partial charge in [-0.2, -0.15) is 0 Å². The van der Waals surface area contributed by atoms with Crippen molar-refractivity contribution in [2.45, 2.75) is 6.92 Å². The molecular formula is C15H12. The fourth-order valence-electron chi connectivity index (χ4n) is 1.45. The molecule has 0 saturated heterocycles. The van der Waals surface area contributed by atoms with Crippen LogP contribution in [-0.4, -0.2) is 0 Å². The molecule has 0 bridgehead atoms. The maximum absolute atomic E-state index is 3.76. The predicted molar refractivity (Wildman–Crippen MR) is 65.6 cm³/mol. The van der Waals surface area contributed by atoms with Crippen LogP contribution in [0, 0.1) is 11.8 Å². The maximum atomic E-state index is 3.76. The van der Waals surface area contributed by atoms with E-state index in [1.807, 2.05) is 25.1 Å². The van der Waals surface area contributed by atoms with E-state index in [1.165, 1.54) is 10.8 Å².